The molecule has 0 unspecified atom stereocenters. The second kappa shape index (κ2) is 8.19. The summed E-state index contributed by atoms with van der Waals surface area (Å²) in [5.74, 6) is 1.62. The second-order valence-corrected chi connectivity index (χ2v) is 7.63. The maximum Gasteiger partial charge on any atom is 0.407 e. The number of ether oxygens (including phenoxy) is 1. The van der Waals surface area contributed by atoms with Crippen LogP contribution in [0.15, 0.2) is 24.5 Å². The number of fused-ring (bicyclic) bond motifs is 1. The maximum absolute atomic E-state index is 11.5. The molecule has 8 nitrogen and oxygen atoms in total. The van der Waals surface area contributed by atoms with Crippen molar-refractivity contribution in [3.63, 3.8) is 0 Å². The van der Waals surface area contributed by atoms with E-state index in [-0.39, 0.29) is 5.69 Å². The number of nitro groups is 1. The molecule has 0 radical (unpaired) electrons. The molecule has 2 aromatic rings. The Balaban J connectivity index is 1.73. The van der Waals surface area contributed by atoms with Crippen LogP contribution in [0.25, 0.3) is 11.0 Å². The third kappa shape index (κ3) is 5.93. The number of imidazole rings is 1. The van der Waals surface area contributed by atoms with Gasteiger partial charge in [0.05, 0.1) is 22.3 Å². The van der Waals surface area contributed by atoms with Gasteiger partial charge in [-0.3, -0.25) is 10.1 Å². The molecule has 1 amide bonds. The molecule has 2 rings (SSSR count). The predicted molar refractivity (Wildman–Crippen MR) is 97.9 cm³/mol. The monoisotopic (exact) mass is 366 g/mol. The van der Waals surface area contributed by atoms with Crippen molar-refractivity contribution in [1.82, 2.24) is 14.9 Å². The molecular formula is C16H22N4O4S. The number of carbonyl (C=O) groups is 1. The molecule has 9 heteroatoms. The third-order valence-corrected chi connectivity index (χ3v) is 4.17. The fraction of sp³-hybridized carbons (Fsp3) is 0.500. The van der Waals surface area contributed by atoms with Gasteiger partial charge < -0.3 is 14.6 Å². The highest BCUT2D eigenvalue weighted by molar-refractivity contribution is 7.99. The average Bonchev–Trinajstić information content (AvgIpc) is 2.91. The van der Waals surface area contributed by atoms with Crippen LogP contribution in [0, 0.1) is 10.1 Å². The number of aromatic nitrogens is 2. The Morgan fingerprint density at radius 1 is 1.40 bits per heavy atom. The number of amides is 1. The van der Waals surface area contributed by atoms with Gasteiger partial charge in [-0.1, -0.05) is 0 Å². The Morgan fingerprint density at radius 2 is 2.16 bits per heavy atom. The summed E-state index contributed by atoms with van der Waals surface area (Å²) >= 11 is 1.70. The van der Waals surface area contributed by atoms with Crippen LogP contribution in [0.3, 0.4) is 0 Å². The summed E-state index contributed by atoms with van der Waals surface area (Å²) in [7, 11) is 0. The number of alkyl carbamates (subject to hydrolysis) is 1. The Kier molecular flexibility index (Phi) is 6.24. The van der Waals surface area contributed by atoms with Crippen LogP contribution in [-0.2, 0) is 11.3 Å². The third-order valence-electron chi connectivity index (χ3n) is 3.21. The first-order valence-corrected chi connectivity index (χ1v) is 9.05. The van der Waals surface area contributed by atoms with Crippen molar-refractivity contribution < 1.29 is 14.5 Å². The highest BCUT2D eigenvalue weighted by Crippen LogP contribution is 2.20. The van der Waals surface area contributed by atoms with Crippen LogP contribution in [0.2, 0.25) is 0 Å². The molecule has 1 aromatic carbocycles. The van der Waals surface area contributed by atoms with Crippen molar-refractivity contribution in [2.75, 3.05) is 18.1 Å². The van der Waals surface area contributed by atoms with E-state index in [9.17, 15) is 14.9 Å². The average molecular weight is 366 g/mol. The molecule has 1 heterocycles. The summed E-state index contributed by atoms with van der Waals surface area (Å²) in [6.45, 7) is 6.75. The van der Waals surface area contributed by atoms with Gasteiger partial charge in [0, 0.05) is 36.7 Å². The lowest BCUT2D eigenvalue weighted by molar-refractivity contribution is -0.384. The molecule has 0 spiro atoms. The molecule has 136 valence electrons. The molecule has 0 bridgehead atoms. The van der Waals surface area contributed by atoms with Gasteiger partial charge >= 0.3 is 6.09 Å². The Bertz CT molecular complexity index is 754. The first kappa shape index (κ1) is 19.0. The van der Waals surface area contributed by atoms with E-state index in [0.29, 0.717) is 12.1 Å². The minimum Gasteiger partial charge on any atom is -0.444 e. The van der Waals surface area contributed by atoms with E-state index in [1.54, 1.807) is 24.2 Å². The smallest absolute Gasteiger partial charge is 0.407 e. The van der Waals surface area contributed by atoms with Gasteiger partial charge in [0.2, 0.25) is 0 Å². The van der Waals surface area contributed by atoms with Crippen molar-refractivity contribution in [2.24, 2.45) is 0 Å². The van der Waals surface area contributed by atoms with Crippen LogP contribution < -0.4 is 5.32 Å². The highest BCUT2D eigenvalue weighted by Gasteiger charge is 2.15. The zero-order valence-electron chi connectivity index (χ0n) is 14.5. The molecule has 0 fully saturated rings. The number of aryl methyl sites for hydroxylation is 1. The zero-order valence-corrected chi connectivity index (χ0v) is 15.3. The normalized spacial score (nSPS) is 11.5. The Labute approximate surface area is 150 Å². The van der Waals surface area contributed by atoms with Gasteiger partial charge in [-0.15, -0.1) is 0 Å². The fourth-order valence-corrected chi connectivity index (χ4v) is 2.92. The molecule has 1 aromatic heterocycles. The first-order chi connectivity index (χ1) is 11.8. The molecule has 0 saturated carbocycles. The SMILES string of the molecule is CC(C)(C)OC(=O)NCCSCCn1cnc2cc([N+](=O)[O-])ccc21. The summed E-state index contributed by atoms with van der Waals surface area (Å²) in [4.78, 5) is 26.1. The maximum atomic E-state index is 11.5. The largest absolute Gasteiger partial charge is 0.444 e. The molecule has 0 saturated heterocycles. The van der Waals surface area contributed by atoms with E-state index in [4.69, 9.17) is 4.74 Å². The minimum absolute atomic E-state index is 0.0420. The van der Waals surface area contributed by atoms with E-state index in [2.05, 4.69) is 10.3 Å². The van der Waals surface area contributed by atoms with Crippen LogP contribution in [-0.4, -0.2) is 44.2 Å². The van der Waals surface area contributed by atoms with E-state index in [1.807, 2.05) is 25.3 Å². The van der Waals surface area contributed by atoms with Crippen molar-refractivity contribution in [3.8, 4) is 0 Å². The summed E-state index contributed by atoms with van der Waals surface area (Å²) in [5.41, 5.74) is 1.04. The van der Waals surface area contributed by atoms with Gasteiger partial charge in [-0.2, -0.15) is 11.8 Å². The molecule has 1 N–H and O–H groups in total. The fourth-order valence-electron chi connectivity index (χ4n) is 2.15. The van der Waals surface area contributed by atoms with Crippen LogP contribution in [0.4, 0.5) is 10.5 Å². The van der Waals surface area contributed by atoms with E-state index in [1.165, 1.54) is 12.1 Å². The van der Waals surface area contributed by atoms with Gasteiger partial charge in [0.1, 0.15) is 5.60 Å². The summed E-state index contributed by atoms with van der Waals surface area (Å²) < 4.78 is 7.12. The summed E-state index contributed by atoms with van der Waals surface area (Å²) in [5, 5.41) is 13.5. The first-order valence-electron chi connectivity index (χ1n) is 7.90. The lowest BCUT2D eigenvalue weighted by Gasteiger charge is -2.19. The van der Waals surface area contributed by atoms with Gasteiger partial charge in [-0.05, 0) is 26.8 Å². The van der Waals surface area contributed by atoms with E-state index in [0.717, 1.165) is 23.6 Å². The van der Waals surface area contributed by atoms with Gasteiger partial charge in [-0.25, -0.2) is 9.78 Å². The molecule has 0 aliphatic heterocycles. The number of nitrogens with zero attached hydrogens (tertiary/aromatic N) is 3. The number of hydrogen-bond donors (Lipinski definition) is 1. The number of thioether (sulfide) groups is 1. The number of nitro benzene ring substituents is 1. The topological polar surface area (TPSA) is 99.3 Å². The van der Waals surface area contributed by atoms with Crippen molar-refractivity contribution >= 4 is 34.6 Å². The number of carbonyl (C=O) groups excluding carboxylic acids is 1. The second-order valence-electron chi connectivity index (χ2n) is 6.41. The Hall–Kier alpha value is -2.29. The zero-order chi connectivity index (χ0) is 18.4. The number of hydrogen-bond acceptors (Lipinski definition) is 6. The van der Waals surface area contributed by atoms with E-state index >= 15 is 0 Å². The van der Waals surface area contributed by atoms with Crippen molar-refractivity contribution in [3.05, 3.63) is 34.6 Å². The lowest BCUT2D eigenvalue weighted by atomic mass is 10.2. The molecule has 0 aliphatic rings. The van der Waals surface area contributed by atoms with Gasteiger partial charge in [0.15, 0.2) is 0 Å². The summed E-state index contributed by atoms with van der Waals surface area (Å²) in [6.07, 6.45) is 1.28. The number of rotatable bonds is 7. The van der Waals surface area contributed by atoms with Gasteiger partial charge in [0.25, 0.3) is 5.69 Å². The number of benzene rings is 1. The lowest BCUT2D eigenvalue weighted by Crippen LogP contribution is -2.33. The van der Waals surface area contributed by atoms with Crippen molar-refractivity contribution in [2.45, 2.75) is 32.9 Å². The van der Waals surface area contributed by atoms with Crippen LogP contribution in [0.5, 0.6) is 0 Å². The van der Waals surface area contributed by atoms with Crippen LogP contribution >= 0.6 is 11.8 Å². The number of non-ortho nitro benzene ring substituents is 1. The molecule has 0 atom stereocenters. The minimum atomic E-state index is -0.491. The standard InChI is InChI=1S/C16H22N4O4S/c1-16(2,3)24-15(21)17-6-8-25-9-7-19-11-18-13-10-12(20(22)23)4-5-14(13)19/h4-5,10-11H,6-9H2,1-3H3,(H,17,21). The van der Waals surface area contributed by atoms with Crippen LogP contribution in [0.1, 0.15) is 20.8 Å². The molecule has 25 heavy (non-hydrogen) atoms. The molecular weight excluding hydrogens is 344 g/mol. The summed E-state index contributed by atoms with van der Waals surface area (Å²) in [6, 6.07) is 4.68. The number of nitrogens with one attached hydrogen (secondary N) is 1. The van der Waals surface area contributed by atoms with E-state index < -0.39 is 16.6 Å². The Morgan fingerprint density at radius 3 is 2.84 bits per heavy atom. The predicted octanol–water partition coefficient (Wildman–Crippen LogP) is 3.20. The highest BCUT2D eigenvalue weighted by atomic mass is 32.2. The quantitative estimate of drug-likeness (QED) is 0.459. The molecule has 0 aliphatic carbocycles. The van der Waals surface area contributed by atoms with Crippen molar-refractivity contribution in [1.29, 1.82) is 0 Å².